The lowest BCUT2D eigenvalue weighted by Gasteiger charge is -2.14. The molecule has 2 nitrogen and oxygen atoms in total. The minimum atomic E-state index is 1.02. The van der Waals surface area contributed by atoms with E-state index >= 15 is 0 Å². The number of nitrogens with zero attached hydrogens (tertiary/aromatic N) is 2. The van der Waals surface area contributed by atoms with Gasteiger partial charge in [-0.05, 0) is 97.9 Å². The molecule has 0 saturated heterocycles. The van der Waals surface area contributed by atoms with Crippen LogP contribution in [-0.4, -0.2) is 11.4 Å². The van der Waals surface area contributed by atoms with Crippen molar-refractivity contribution >= 4 is 22.8 Å². The molecule has 0 aromatic heterocycles. The summed E-state index contributed by atoms with van der Waals surface area (Å²) < 4.78 is 0. The summed E-state index contributed by atoms with van der Waals surface area (Å²) in [7, 11) is 0. The van der Waals surface area contributed by atoms with Gasteiger partial charge in [0.15, 0.2) is 0 Å². The number of hydrogen-bond donors (Lipinski definition) is 0. The van der Waals surface area contributed by atoms with Crippen LogP contribution in [0.5, 0.6) is 0 Å². The lowest BCUT2D eigenvalue weighted by Crippen LogP contribution is -2.14. The molecule has 306 valence electrons. The van der Waals surface area contributed by atoms with Gasteiger partial charge in [-0.2, -0.15) is 0 Å². The number of aryl methyl sites for hydroxylation is 4. The summed E-state index contributed by atoms with van der Waals surface area (Å²) in [5, 5.41) is 0. The zero-order chi connectivity index (χ0) is 38.9. The molecule has 2 aromatic rings. The molecular formula is C52H88N2. The molecule has 2 rings (SSSR count). The van der Waals surface area contributed by atoms with E-state index in [1.165, 1.54) is 201 Å². The van der Waals surface area contributed by atoms with Crippen LogP contribution in [0.1, 0.15) is 244 Å². The molecule has 54 heavy (non-hydrogen) atoms. The van der Waals surface area contributed by atoms with Crippen molar-refractivity contribution in [1.29, 1.82) is 0 Å². The summed E-state index contributed by atoms with van der Waals surface area (Å²) >= 11 is 0. The van der Waals surface area contributed by atoms with Gasteiger partial charge in [-0.15, -0.1) is 0 Å². The van der Waals surface area contributed by atoms with Crippen molar-refractivity contribution in [1.82, 2.24) is 0 Å². The van der Waals surface area contributed by atoms with Gasteiger partial charge in [0.05, 0.1) is 22.8 Å². The molecule has 0 radical (unpaired) electrons. The second-order valence-electron chi connectivity index (χ2n) is 16.6. The highest BCUT2D eigenvalue weighted by molar-refractivity contribution is 6.43. The van der Waals surface area contributed by atoms with Gasteiger partial charge in [-0.1, -0.05) is 208 Å². The number of hydrogen-bond acceptors (Lipinski definition) is 2. The van der Waals surface area contributed by atoms with Crippen molar-refractivity contribution in [3.05, 3.63) is 58.7 Å². The van der Waals surface area contributed by atoms with Gasteiger partial charge in [0, 0.05) is 0 Å². The van der Waals surface area contributed by atoms with Gasteiger partial charge in [0.25, 0.3) is 0 Å². The summed E-state index contributed by atoms with van der Waals surface area (Å²) in [6, 6.07) is 14.1. The third-order valence-electron chi connectivity index (χ3n) is 11.4. The van der Waals surface area contributed by atoms with Gasteiger partial charge in [-0.25, -0.2) is 0 Å². The Labute approximate surface area is 337 Å². The fourth-order valence-electron chi connectivity index (χ4n) is 8.15. The average Bonchev–Trinajstić information content (AvgIpc) is 3.17. The molecule has 0 amide bonds. The highest BCUT2D eigenvalue weighted by Gasteiger charge is 2.13. The monoisotopic (exact) mass is 741 g/mol. The van der Waals surface area contributed by atoms with Crippen LogP contribution in [0.2, 0.25) is 0 Å². The topological polar surface area (TPSA) is 24.7 Å². The van der Waals surface area contributed by atoms with Gasteiger partial charge in [-0.3, -0.25) is 9.98 Å². The van der Waals surface area contributed by atoms with Crippen molar-refractivity contribution in [3.63, 3.8) is 0 Å². The minimum Gasteiger partial charge on any atom is -0.252 e. The van der Waals surface area contributed by atoms with E-state index in [-0.39, 0.29) is 0 Å². The molecule has 0 atom stereocenters. The Bertz CT molecular complexity index is 1250. The molecule has 2 heteroatoms. The standard InChI is InChI=1S/C52H88N2/c1-7-13-15-17-18-19-20-21-22-23-24-25-26-27-28-29-30-32-38-52(54-50-42-40-46(34-10-4)48(44-50)36-12-6)51(37-31-16-14-8-2)53-49-41-39-45(33-9-3)47(43-49)35-11-5/h39-44H,7-38H2,1-6H3. The third kappa shape index (κ3) is 21.8. The van der Waals surface area contributed by atoms with Crippen molar-refractivity contribution < 1.29 is 0 Å². The van der Waals surface area contributed by atoms with Crippen molar-refractivity contribution in [3.8, 4) is 0 Å². The van der Waals surface area contributed by atoms with E-state index in [1.54, 1.807) is 0 Å². The lowest BCUT2D eigenvalue weighted by molar-refractivity contribution is 0.526. The Kier molecular flexibility index (Phi) is 29.3. The zero-order valence-electron chi connectivity index (χ0n) is 37.0. The molecule has 0 heterocycles. The highest BCUT2D eigenvalue weighted by Crippen LogP contribution is 2.26. The Morgan fingerprint density at radius 2 is 0.593 bits per heavy atom. The largest absolute Gasteiger partial charge is 0.252 e. The third-order valence-corrected chi connectivity index (χ3v) is 11.4. The lowest BCUT2D eigenvalue weighted by atomic mass is 9.97. The van der Waals surface area contributed by atoms with Gasteiger partial charge in [0.2, 0.25) is 0 Å². The number of rotatable bonds is 35. The average molecular weight is 741 g/mol. The molecule has 2 aromatic carbocycles. The maximum atomic E-state index is 5.50. The first-order chi connectivity index (χ1) is 26.6. The second-order valence-corrected chi connectivity index (χ2v) is 16.6. The molecule has 0 aliphatic carbocycles. The summed E-state index contributed by atoms with van der Waals surface area (Å²) in [5.74, 6) is 0. The van der Waals surface area contributed by atoms with Crippen LogP contribution < -0.4 is 0 Å². The maximum Gasteiger partial charge on any atom is 0.0636 e. The summed E-state index contributed by atoms with van der Waals surface area (Å²) in [4.78, 5) is 11.0. The van der Waals surface area contributed by atoms with Crippen LogP contribution in [0.25, 0.3) is 0 Å². The smallest absolute Gasteiger partial charge is 0.0636 e. The van der Waals surface area contributed by atoms with Crippen LogP contribution in [-0.2, 0) is 25.7 Å². The van der Waals surface area contributed by atoms with Crippen molar-refractivity contribution in [2.75, 3.05) is 0 Å². The normalized spacial score (nSPS) is 12.3. The van der Waals surface area contributed by atoms with Gasteiger partial charge < -0.3 is 0 Å². The van der Waals surface area contributed by atoms with E-state index < -0.39 is 0 Å². The summed E-state index contributed by atoms with van der Waals surface area (Å²) in [6.07, 6.45) is 41.7. The van der Waals surface area contributed by atoms with E-state index in [0.717, 1.165) is 49.9 Å². The van der Waals surface area contributed by atoms with Crippen LogP contribution >= 0.6 is 0 Å². The van der Waals surface area contributed by atoms with E-state index in [4.69, 9.17) is 9.98 Å². The van der Waals surface area contributed by atoms with E-state index in [0.29, 0.717) is 0 Å². The molecule has 0 aliphatic heterocycles. The van der Waals surface area contributed by atoms with E-state index in [9.17, 15) is 0 Å². The number of aliphatic imine (C=N–C) groups is 2. The predicted molar refractivity (Wildman–Crippen MR) is 245 cm³/mol. The number of benzene rings is 2. The van der Waals surface area contributed by atoms with Crippen molar-refractivity contribution in [2.45, 2.75) is 247 Å². The van der Waals surface area contributed by atoms with Crippen LogP contribution in [0.15, 0.2) is 46.4 Å². The molecule has 0 aliphatic rings. The fraction of sp³-hybridized carbons (Fsp3) is 0.731. The van der Waals surface area contributed by atoms with Crippen LogP contribution in [0, 0.1) is 0 Å². The predicted octanol–water partition coefficient (Wildman–Crippen LogP) is 17.7. The molecule has 0 unspecified atom stereocenters. The van der Waals surface area contributed by atoms with E-state index in [2.05, 4.69) is 77.9 Å². The van der Waals surface area contributed by atoms with E-state index in [1.807, 2.05) is 0 Å². The minimum absolute atomic E-state index is 1.02. The molecule has 0 fully saturated rings. The fourth-order valence-corrected chi connectivity index (χ4v) is 8.15. The molecule has 0 saturated carbocycles. The first-order valence-corrected chi connectivity index (χ1v) is 24.0. The molecule has 0 spiro atoms. The molecular weight excluding hydrogens is 653 g/mol. The van der Waals surface area contributed by atoms with Gasteiger partial charge in [0.1, 0.15) is 0 Å². The zero-order valence-corrected chi connectivity index (χ0v) is 37.0. The summed E-state index contributed by atoms with van der Waals surface area (Å²) in [5.41, 5.74) is 10.7. The Balaban J connectivity index is 2.08. The SMILES string of the molecule is CCCCCCCCCCCCCCCCCCCCC(=Nc1ccc(CCC)c(CCC)c1)C(CCCCCC)=Nc1ccc(CCC)c(CCC)c1. The van der Waals surface area contributed by atoms with Crippen LogP contribution in [0.3, 0.4) is 0 Å². The maximum absolute atomic E-state index is 5.50. The Morgan fingerprint density at radius 1 is 0.315 bits per heavy atom. The number of unbranched alkanes of at least 4 members (excludes halogenated alkanes) is 20. The van der Waals surface area contributed by atoms with Crippen molar-refractivity contribution in [2.24, 2.45) is 9.98 Å². The Morgan fingerprint density at radius 3 is 0.907 bits per heavy atom. The first-order valence-electron chi connectivity index (χ1n) is 24.0. The quantitative estimate of drug-likeness (QED) is 0.0497. The summed E-state index contributed by atoms with van der Waals surface area (Å²) in [6.45, 7) is 13.8. The first kappa shape index (κ1) is 47.9. The molecule has 0 bridgehead atoms. The second kappa shape index (κ2) is 33.0. The van der Waals surface area contributed by atoms with Gasteiger partial charge >= 0.3 is 0 Å². The Hall–Kier alpha value is -2.22. The highest BCUT2D eigenvalue weighted by atomic mass is 14.8. The molecule has 0 N–H and O–H groups in total. The van der Waals surface area contributed by atoms with Crippen LogP contribution in [0.4, 0.5) is 11.4 Å².